The van der Waals surface area contributed by atoms with E-state index in [4.69, 9.17) is 9.94 Å². The molecule has 0 bridgehead atoms. The van der Waals surface area contributed by atoms with Crippen LogP contribution in [0.5, 0.6) is 5.75 Å². The van der Waals surface area contributed by atoms with Crippen LogP contribution in [0.25, 0.3) is 10.8 Å². The second-order valence-electron chi connectivity index (χ2n) is 5.91. The zero-order valence-electron chi connectivity index (χ0n) is 13.7. The fourth-order valence-corrected chi connectivity index (χ4v) is 2.96. The van der Waals surface area contributed by atoms with Crippen LogP contribution in [0.15, 0.2) is 54.7 Å². The number of ether oxygens (including phenoxy) is 1. The van der Waals surface area contributed by atoms with Gasteiger partial charge in [-0.15, -0.1) is 0 Å². The van der Waals surface area contributed by atoms with E-state index in [1.807, 2.05) is 30.3 Å². The van der Waals surface area contributed by atoms with Crippen LogP contribution in [0.2, 0.25) is 0 Å². The van der Waals surface area contributed by atoms with Gasteiger partial charge in [0.2, 0.25) is 0 Å². The molecular weight excluding hydrogens is 334 g/mol. The number of pyridine rings is 1. The Balaban J connectivity index is 1.71. The quantitative estimate of drug-likeness (QED) is 0.559. The highest BCUT2D eigenvalue weighted by molar-refractivity contribution is 6.01. The summed E-state index contributed by atoms with van der Waals surface area (Å²) in [6.07, 6.45) is 1.77. The summed E-state index contributed by atoms with van der Waals surface area (Å²) < 4.78 is 5.44. The third-order valence-electron chi connectivity index (χ3n) is 4.27. The van der Waals surface area contributed by atoms with Crippen LogP contribution in [0, 0.1) is 0 Å². The Kier molecular flexibility index (Phi) is 3.98. The van der Waals surface area contributed by atoms with Crippen LogP contribution in [-0.2, 0) is 11.3 Å². The van der Waals surface area contributed by atoms with Crippen molar-refractivity contribution in [3.63, 3.8) is 0 Å². The first-order chi connectivity index (χ1) is 12.7. The molecule has 0 unspecified atom stereocenters. The van der Waals surface area contributed by atoms with Gasteiger partial charge in [0.05, 0.1) is 17.9 Å². The van der Waals surface area contributed by atoms with Crippen molar-refractivity contribution in [2.75, 3.05) is 11.5 Å². The van der Waals surface area contributed by atoms with Gasteiger partial charge in [-0.2, -0.15) is 0 Å². The van der Waals surface area contributed by atoms with Crippen LogP contribution < -0.4 is 15.1 Å². The molecule has 0 fully saturated rings. The Morgan fingerprint density at radius 1 is 1.19 bits per heavy atom. The molecule has 26 heavy (non-hydrogen) atoms. The van der Waals surface area contributed by atoms with E-state index in [1.165, 1.54) is 17.0 Å². The lowest BCUT2D eigenvalue weighted by molar-refractivity contribution is -0.121. The fraction of sp³-hybridized carbons (Fsp3) is 0.105. The Hall–Kier alpha value is -3.45. The van der Waals surface area contributed by atoms with Gasteiger partial charge in [0.25, 0.3) is 11.8 Å². The van der Waals surface area contributed by atoms with Crippen molar-refractivity contribution in [2.24, 2.45) is 0 Å². The third kappa shape index (κ3) is 2.84. The number of hydroxylamine groups is 1. The van der Waals surface area contributed by atoms with Crippen LogP contribution in [0.4, 0.5) is 5.69 Å². The number of carbonyl (C=O) groups excluding carboxylic acids is 2. The monoisotopic (exact) mass is 349 g/mol. The molecule has 0 spiro atoms. The molecule has 2 aromatic carbocycles. The second kappa shape index (κ2) is 6.45. The molecule has 3 aromatic rings. The second-order valence-corrected chi connectivity index (χ2v) is 5.91. The highest BCUT2D eigenvalue weighted by Gasteiger charge is 2.27. The number of nitrogens with zero attached hydrogens (tertiary/aromatic N) is 2. The molecule has 0 aliphatic carbocycles. The van der Waals surface area contributed by atoms with Crippen LogP contribution in [0.3, 0.4) is 0 Å². The molecule has 2 N–H and O–H groups in total. The molecule has 1 aliphatic heterocycles. The molecular formula is C19H15N3O4. The molecule has 0 saturated carbocycles. The minimum atomic E-state index is -0.658. The molecule has 1 aliphatic rings. The highest BCUT2D eigenvalue weighted by atomic mass is 16.5. The van der Waals surface area contributed by atoms with Crippen molar-refractivity contribution in [1.82, 2.24) is 10.5 Å². The maximum atomic E-state index is 12.4. The van der Waals surface area contributed by atoms with E-state index in [2.05, 4.69) is 4.98 Å². The first-order valence-electron chi connectivity index (χ1n) is 8.01. The topological polar surface area (TPSA) is 91.8 Å². The van der Waals surface area contributed by atoms with Crippen molar-refractivity contribution in [2.45, 2.75) is 6.54 Å². The van der Waals surface area contributed by atoms with Crippen LogP contribution >= 0.6 is 0 Å². The zero-order chi connectivity index (χ0) is 18.1. The summed E-state index contributed by atoms with van der Waals surface area (Å²) in [4.78, 5) is 30.0. The SMILES string of the molecule is O=C(NO)c1ccc2c(c1)N(Cc1cc3ccccc3cn1)C(=O)CO2. The Bertz CT molecular complexity index is 1020. The summed E-state index contributed by atoms with van der Waals surface area (Å²) in [6, 6.07) is 14.4. The van der Waals surface area contributed by atoms with E-state index in [1.54, 1.807) is 17.7 Å². The van der Waals surface area contributed by atoms with Crippen LogP contribution in [-0.4, -0.2) is 28.6 Å². The lowest BCUT2D eigenvalue weighted by Gasteiger charge is -2.29. The number of amides is 2. The average Bonchev–Trinajstić information content (AvgIpc) is 2.69. The van der Waals surface area contributed by atoms with E-state index < -0.39 is 5.91 Å². The number of hydrogen-bond donors (Lipinski definition) is 2. The Morgan fingerprint density at radius 3 is 2.81 bits per heavy atom. The number of nitrogens with one attached hydrogen (secondary N) is 1. The number of fused-ring (bicyclic) bond motifs is 2. The number of aromatic nitrogens is 1. The van der Waals surface area contributed by atoms with Crippen molar-refractivity contribution >= 4 is 28.3 Å². The van der Waals surface area contributed by atoms with Crippen LogP contribution in [0.1, 0.15) is 16.1 Å². The molecule has 7 nitrogen and oxygen atoms in total. The lowest BCUT2D eigenvalue weighted by Crippen LogP contribution is -2.38. The third-order valence-corrected chi connectivity index (χ3v) is 4.27. The number of carbonyl (C=O) groups is 2. The first-order valence-corrected chi connectivity index (χ1v) is 8.01. The van der Waals surface area contributed by atoms with Crippen molar-refractivity contribution in [3.05, 3.63) is 66.0 Å². The summed E-state index contributed by atoms with van der Waals surface area (Å²) >= 11 is 0. The summed E-state index contributed by atoms with van der Waals surface area (Å²) in [5, 5.41) is 10.9. The highest BCUT2D eigenvalue weighted by Crippen LogP contribution is 2.34. The van der Waals surface area contributed by atoms with Gasteiger partial charge >= 0.3 is 0 Å². The van der Waals surface area contributed by atoms with E-state index in [-0.39, 0.29) is 24.6 Å². The predicted octanol–water partition coefficient (Wildman–Crippen LogP) is 2.28. The van der Waals surface area contributed by atoms with Gasteiger partial charge in [-0.25, -0.2) is 5.48 Å². The number of hydrogen-bond acceptors (Lipinski definition) is 5. The number of benzene rings is 2. The molecule has 0 radical (unpaired) electrons. The smallest absolute Gasteiger partial charge is 0.274 e. The molecule has 0 atom stereocenters. The van der Waals surface area contributed by atoms with Crippen molar-refractivity contribution < 1.29 is 19.5 Å². The van der Waals surface area contributed by atoms with Gasteiger partial charge in [0.15, 0.2) is 6.61 Å². The minimum absolute atomic E-state index is 0.0773. The zero-order valence-corrected chi connectivity index (χ0v) is 13.7. The number of anilines is 1. The molecule has 4 rings (SSSR count). The summed E-state index contributed by atoms with van der Waals surface area (Å²) in [5.74, 6) is -0.386. The molecule has 7 heteroatoms. The van der Waals surface area contributed by atoms with Gasteiger partial charge in [-0.05, 0) is 29.7 Å². The van der Waals surface area contributed by atoms with Crippen molar-refractivity contribution in [3.8, 4) is 5.75 Å². The van der Waals surface area contributed by atoms with Gasteiger partial charge in [0.1, 0.15) is 5.75 Å². The maximum absolute atomic E-state index is 12.4. The summed E-state index contributed by atoms with van der Waals surface area (Å²) in [7, 11) is 0. The predicted molar refractivity (Wildman–Crippen MR) is 94.1 cm³/mol. The minimum Gasteiger partial charge on any atom is -0.482 e. The van der Waals surface area contributed by atoms with Gasteiger partial charge in [-0.1, -0.05) is 24.3 Å². The molecule has 2 heterocycles. The molecule has 1 aromatic heterocycles. The van der Waals surface area contributed by atoms with Gasteiger partial charge in [-0.3, -0.25) is 24.7 Å². The molecule has 2 amide bonds. The van der Waals surface area contributed by atoms with Gasteiger partial charge in [0, 0.05) is 17.1 Å². The van der Waals surface area contributed by atoms with E-state index in [9.17, 15) is 9.59 Å². The standard InChI is InChI=1S/C19H15N3O4/c23-18-11-26-17-6-5-13(19(24)21-25)8-16(17)22(18)10-15-7-12-3-1-2-4-14(12)9-20-15/h1-9,25H,10-11H2,(H,21,24). The summed E-state index contributed by atoms with van der Waals surface area (Å²) in [6.45, 7) is 0.177. The molecule has 130 valence electrons. The normalized spacial score (nSPS) is 13.3. The van der Waals surface area contributed by atoms with Crippen molar-refractivity contribution in [1.29, 1.82) is 0 Å². The van der Waals surface area contributed by atoms with E-state index in [0.717, 1.165) is 16.5 Å². The average molecular weight is 349 g/mol. The fourth-order valence-electron chi connectivity index (χ4n) is 2.96. The van der Waals surface area contributed by atoms with E-state index >= 15 is 0 Å². The Labute approximate surface area is 148 Å². The summed E-state index contributed by atoms with van der Waals surface area (Å²) in [5.41, 5.74) is 3.01. The largest absolute Gasteiger partial charge is 0.482 e. The Morgan fingerprint density at radius 2 is 2.00 bits per heavy atom. The first kappa shape index (κ1) is 16.0. The number of rotatable bonds is 3. The maximum Gasteiger partial charge on any atom is 0.274 e. The van der Waals surface area contributed by atoms with Gasteiger partial charge < -0.3 is 4.74 Å². The van der Waals surface area contributed by atoms with E-state index in [0.29, 0.717) is 11.4 Å². The molecule has 0 saturated heterocycles. The lowest BCUT2D eigenvalue weighted by atomic mass is 10.1.